The Kier molecular flexibility index (Phi) is 11.5. The van der Waals surface area contributed by atoms with Crippen molar-refractivity contribution in [2.75, 3.05) is 0 Å². The minimum Gasteiger partial charge on any atom is -1.00 e. The number of benzene rings is 2. The molecule has 0 N–H and O–H groups in total. The third-order valence-electron chi connectivity index (χ3n) is 12.0. The van der Waals surface area contributed by atoms with Crippen LogP contribution >= 0.6 is 0 Å². The molecule has 0 spiro atoms. The molecule has 4 aliphatic rings. The first-order valence-corrected chi connectivity index (χ1v) is 17.3. The Balaban J connectivity index is 0.00000184. The van der Waals surface area contributed by atoms with Crippen LogP contribution in [0.4, 0.5) is 0 Å². The van der Waals surface area contributed by atoms with Gasteiger partial charge in [-0.05, 0) is 98.6 Å². The van der Waals surface area contributed by atoms with Gasteiger partial charge < -0.3 is 24.8 Å². The summed E-state index contributed by atoms with van der Waals surface area (Å²) in [6, 6.07) is 15.2. The average molecular weight is 725 g/mol. The van der Waals surface area contributed by atoms with E-state index in [0.29, 0.717) is 11.8 Å². The molecule has 3 heteroatoms. The zero-order valence-electron chi connectivity index (χ0n) is 30.1. The van der Waals surface area contributed by atoms with Gasteiger partial charge in [0.1, 0.15) is 0 Å². The van der Waals surface area contributed by atoms with Crippen LogP contribution in [0.5, 0.6) is 0 Å². The van der Waals surface area contributed by atoms with Crippen LogP contribution in [0.3, 0.4) is 0 Å². The van der Waals surface area contributed by atoms with Crippen molar-refractivity contribution in [1.82, 2.24) is 0 Å². The van der Waals surface area contributed by atoms with E-state index in [1.807, 2.05) is 5.57 Å². The van der Waals surface area contributed by atoms with E-state index in [2.05, 4.69) is 119 Å². The first kappa shape index (κ1) is 38.8. The van der Waals surface area contributed by atoms with E-state index in [0.717, 1.165) is 11.8 Å². The number of hydrogen-bond donors (Lipinski definition) is 0. The van der Waals surface area contributed by atoms with Crippen molar-refractivity contribution in [2.45, 2.75) is 138 Å². The Morgan fingerprint density at radius 3 is 1.60 bits per heavy atom. The molecule has 0 radical (unpaired) electrons. The molecule has 45 heavy (non-hydrogen) atoms. The number of fused-ring (bicyclic) bond motifs is 3. The topological polar surface area (TPSA) is 0 Å². The van der Waals surface area contributed by atoms with Crippen LogP contribution in [0.15, 0.2) is 59.2 Å². The summed E-state index contributed by atoms with van der Waals surface area (Å²) in [4.78, 5) is 0. The first-order chi connectivity index (χ1) is 19.5. The quantitative estimate of drug-likeness (QED) is 0.348. The molecule has 0 heterocycles. The van der Waals surface area contributed by atoms with Gasteiger partial charge in [0, 0.05) is 11.3 Å². The third-order valence-corrected chi connectivity index (χ3v) is 12.0. The zero-order valence-corrected chi connectivity index (χ0v) is 34.0. The number of rotatable bonds is 3. The first-order valence-electron chi connectivity index (χ1n) is 17.3. The van der Waals surface area contributed by atoms with Crippen LogP contribution < -0.4 is 24.8 Å². The second-order valence-electron chi connectivity index (χ2n) is 18.0. The molecule has 1 saturated carbocycles. The van der Waals surface area contributed by atoms with Crippen molar-refractivity contribution in [3.63, 3.8) is 0 Å². The van der Waals surface area contributed by atoms with Crippen LogP contribution in [-0.4, -0.2) is 0 Å². The molecule has 0 nitrogen and oxygen atoms in total. The van der Waals surface area contributed by atoms with Gasteiger partial charge in [0.2, 0.25) is 0 Å². The second-order valence-corrected chi connectivity index (χ2v) is 18.0. The van der Waals surface area contributed by atoms with Crippen molar-refractivity contribution < 1.29 is 51.0 Å². The van der Waals surface area contributed by atoms with Crippen LogP contribution in [0.2, 0.25) is 0 Å². The van der Waals surface area contributed by atoms with Crippen molar-refractivity contribution in [1.29, 1.82) is 0 Å². The number of allylic oxidation sites excluding steroid dienone is 4. The van der Waals surface area contributed by atoms with E-state index in [-0.39, 0.29) is 72.7 Å². The predicted molar refractivity (Wildman–Crippen MR) is 182 cm³/mol. The summed E-state index contributed by atoms with van der Waals surface area (Å²) in [6.07, 6.45) is 12.4. The third kappa shape index (κ3) is 6.56. The van der Waals surface area contributed by atoms with Crippen LogP contribution in [0.1, 0.15) is 149 Å². The molecule has 0 aliphatic heterocycles. The minimum absolute atomic E-state index is 0. The van der Waals surface area contributed by atoms with Crippen LogP contribution in [0.25, 0.3) is 11.1 Å². The molecule has 2 atom stereocenters. The number of halogens is 2. The predicted octanol–water partition coefficient (Wildman–Crippen LogP) is 6.31. The van der Waals surface area contributed by atoms with E-state index in [4.69, 9.17) is 0 Å². The van der Waals surface area contributed by atoms with Crippen LogP contribution in [0, 0.1) is 28.6 Å². The van der Waals surface area contributed by atoms with Crippen molar-refractivity contribution in [3.05, 3.63) is 81.4 Å². The fourth-order valence-electron chi connectivity index (χ4n) is 9.34. The van der Waals surface area contributed by atoms with Crippen molar-refractivity contribution in [3.8, 4) is 11.1 Å². The Labute approximate surface area is 308 Å². The molecule has 0 amide bonds. The Morgan fingerprint density at radius 1 is 0.689 bits per heavy atom. The Bertz CT molecular complexity index is 1390. The van der Waals surface area contributed by atoms with Gasteiger partial charge in [0.15, 0.2) is 0 Å². The van der Waals surface area contributed by atoms with Gasteiger partial charge in [-0.3, -0.25) is 0 Å². The normalized spacial score (nSPS) is 23.6. The largest absolute Gasteiger partial charge is 2.00 e. The summed E-state index contributed by atoms with van der Waals surface area (Å²) in [5.41, 5.74) is 15.0. The summed E-state index contributed by atoms with van der Waals surface area (Å²) in [5.74, 6) is 2.60. The molecule has 0 bridgehead atoms. The maximum absolute atomic E-state index is 2.74. The van der Waals surface area contributed by atoms with Gasteiger partial charge in [-0.15, -0.1) is 0 Å². The summed E-state index contributed by atoms with van der Waals surface area (Å²) in [6.45, 7) is 26.6. The standard InChI is InChI=1S/C42H58.2ClH.Zr/c1-26(2)42(25-36(27-15-13-12-14-16-27)35-23-30(24-37(35)42)41(9,10)11)38-31-19-17-28(39(3,4)5)21-33(31)34-22-29(40(6,7)8)18-20-32(34)38;;;/h17-22,24,26-27,36,38H,12-16,23,25H2,1-11H3;2*1H;/q;;;+2/p-2. The van der Waals surface area contributed by atoms with E-state index in [1.165, 1.54) is 67.2 Å². The zero-order chi connectivity index (χ0) is 30.4. The SMILES string of the molecule is CC(C)C1(C2c3ccc(C(C)(C)C)cc3-c3cc(C(C)(C)C)ccc32)CC(C2CCCCC2)C2=C1C=C(C(C)(C)C)C2.[Cl-].[Cl-].[Zr+2]. The molecular weight excluding hydrogens is 667 g/mol. The molecule has 6 rings (SSSR count). The van der Waals surface area contributed by atoms with Gasteiger partial charge >= 0.3 is 26.2 Å². The molecule has 1 fully saturated rings. The minimum atomic E-state index is 0. The van der Waals surface area contributed by atoms with Gasteiger partial charge in [0.25, 0.3) is 0 Å². The summed E-state index contributed by atoms with van der Waals surface area (Å²) in [7, 11) is 0. The van der Waals surface area contributed by atoms with Crippen LogP contribution in [-0.2, 0) is 37.0 Å². The van der Waals surface area contributed by atoms with Gasteiger partial charge in [-0.1, -0.05) is 149 Å². The summed E-state index contributed by atoms with van der Waals surface area (Å²) in [5, 5.41) is 0. The van der Waals surface area contributed by atoms with E-state index in [1.54, 1.807) is 22.3 Å². The maximum Gasteiger partial charge on any atom is 2.00 e. The van der Waals surface area contributed by atoms with Crippen molar-refractivity contribution >= 4 is 0 Å². The van der Waals surface area contributed by atoms with E-state index < -0.39 is 0 Å². The molecule has 244 valence electrons. The van der Waals surface area contributed by atoms with E-state index >= 15 is 0 Å². The molecular formula is C42H58Cl2Zr. The maximum atomic E-state index is 2.74. The molecule has 0 aromatic heterocycles. The molecule has 2 aromatic rings. The molecule has 0 saturated heterocycles. The van der Waals surface area contributed by atoms with Crippen molar-refractivity contribution in [2.24, 2.45) is 28.6 Å². The van der Waals surface area contributed by atoms with Gasteiger partial charge in [0.05, 0.1) is 0 Å². The fraction of sp³-hybridized carbons (Fsp3) is 0.619. The Morgan fingerprint density at radius 2 is 1.18 bits per heavy atom. The monoisotopic (exact) mass is 722 g/mol. The number of hydrogen-bond acceptors (Lipinski definition) is 0. The second kappa shape index (κ2) is 13.4. The molecule has 2 unspecified atom stereocenters. The molecule has 4 aliphatic carbocycles. The molecule has 2 aromatic carbocycles. The average Bonchev–Trinajstić information content (AvgIpc) is 3.57. The summed E-state index contributed by atoms with van der Waals surface area (Å²) < 4.78 is 0. The smallest absolute Gasteiger partial charge is 1.00 e. The Hall–Kier alpha value is -0.617. The fourth-order valence-corrected chi connectivity index (χ4v) is 9.34. The van der Waals surface area contributed by atoms with E-state index in [9.17, 15) is 0 Å². The summed E-state index contributed by atoms with van der Waals surface area (Å²) >= 11 is 0. The van der Waals surface area contributed by atoms with Gasteiger partial charge in [-0.25, -0.2) is 0 Å². The van der Waals surface area contributed by atoms with Gasteiger partial charge in [-0.2, -0.15) is 0 Å².